The van der Waals surface area contributed by atoms with Crippen molar-refractivity contribution in [2.24, 2.45) is 5.73 Å². The molecule has 0 aliphatic carbocycles. The van der Waals surface area contributed by atoms with Gasteiger partial charge in [-0.15, -0.1) is 0 Å². The molecule has 3 aromatic rings. The van der Waals surface area contributed by atoms with Crippen molar-refractivity contribution >= 4 is 28.1 Å². The summed E-state index contributed by atoms with van der Waals surface area (Å²) in [6.45, 7) is 1.35. The first-order valence-electron chi connectivity index (χ1n) is 6.59. The van der Waals surface area contributed by atoms with Crippen molar-refractivity contribution in [2.75, 3.05) is 11.9 Å². The van der Waals surface area contributed by atoms with E-state index in [4.69, 9.17) is 10.7 Å². The van der Waals surface area contributed by atoms with E-state index in [0.717, 1.165) is 28.8 Å². The van der Waals surface area contributed by atoms with Gasteiger partial charge in [0.05, 0.1) is 5.52 Å². The van der Waals surface area contributed by atoms with Gasteiger partial charge in [-0.05, 0) is 34.5 Å². The van der Waals surface area contributed by atoms with Crippen LogP contribution >= 0.6 is 11.3 Å². The number of aromatic nitrogens is 1. The van der Waals surface area contributed by atoms with Gasteiger partial charge in [0, 0.05) is 31.1 Å². The van der Waals surface area contributed by atoms with E-state index in [1.165, 1.54) is 5.56 Å². The third-order valence-electron chi connectivity index (χ3n) is 3.36. The van der Waals surface area contributed by atoms with Crippen LogP contribution in [-0.2, 0) is 13.1 Å². The van der Waals surface area contributed by atoms with Gasteiger partial charge in [0.15, 0.2) is 0 Å². The van der Waals surface area contributed by atoms with Crippen LogP contribution in [0.5, 0.6) is 0 Å². The Hall–Kier alpha value is -1.91. The molecule has 2 aromatic heterocycles. The number of pyridine rings is 1. The van der Waals surface area contributed by atoms with Crippen molar-refractivity contribution < 1.29 is 0 Å². The van der Waals surface area contributed by atoms with Crippen LogP contribution < -0.4 is 10.6 Å². The lowest BCUT2D eigenvalue weighted by Crippen LogP contribution is -2.20. The van der Waals surface area contributed by atoms with Gasteiger partial charge < -0.3 is 10.6 Å². The first kappa shape index (κ1) is 13.1. The molecule has 0 fully saturated rings. The fourth-order valence-electron chi connectivity index (χ4n) is 2.36. The number of rotatable bonds is 4. The lowest BCUT2D eigenvalue weighted by atomic mass is 10.1. The third kappa shape index (κ3) is 2.53. The van der Waals surface area contributed by atoms with Crippen molar-refractivity contribution in [1.29, 1.82) is 0 Å². The van der Waals surface area contributed by atoms with Crippen LogP contribution in [0, 0.1) is 0 Å². The van der Waals surface area contributed by atoms with Gasteiger partial charge in [-0.25, -0.2) is 4.98 Å². The van der Waals surface area contributed by atoms with Crippen LogP contribution in [0.1, 0.15) is 11.1 Å². The summed E-state index contributed by atoms with van der Waals surface area (Å²) >= 11 is 1.72. The number of hydrogen-bond acceptors (Lipinski definition) is 4. The number of anilines is 1. The molecule has 0 saturated carbocycles. The Labute approximate surface area is 122 Å². The molecule has 0 atom stereocenters. The zero-order valence-electron chi connectivity index (χ0n) is 11.4. The second kappa shape index (κ2) is 5.61. The van der Waals surface area contributed by atoms with Gasteiger partial charge in [-0.3, -0.25) is 0 Å². The zero-order valence-corrected chi connectivity index (χ0v) is 12.2. The first-order valence-corrected chi connectivity index (χ1v) is 7.53. The largest absolute Gasteiger partial charge is 0.355 e. The molecule has 2 N–H and O–H groups in total. The molecule has 2 heterocycles. The minimum Gasteiger partial charge on any atom is -0.355 e. The molecule has 1 aromatic carbocycles. The molecular weight excluding hydrogens is 266 g/mol. The van der Waals surface area contributed by atoms with E-state index in [1.807, 2.05) is 18.2 Å². The third-order valence-corrected chi connectivity index (χ3v) is 4.09. The van der Waals surface area contributed by atoms with Gasteiger partial charge in [-0.1, -0.05) is 18.2 Å². The standard InChI is InChI=1S/C16H17N3S/c1-19(10-12-6-7-20-11-12)16-14(9-17)8-13-4-2-3-5-15(13)18-16/h2-8,11H,9-10,17H2,1H3. The van der Waals surface area contributed by atoms with Gasteiger partial charge >= 0.3 is 0 Å². The van der Waals surface area contributed by atoms with Crippen LogP contribution in [0.15, 0.2) is 47.2 Å². The molecule has 20 heavy (non-hydrogen) atoms. The molecule has 0 bridgehead atoms. The lowest BCUT2D eigenvalue weighted by molar-refractivity contribution is 0.885. The van der Waals surface area contributed by atoms with Crippen LogP contribution in [0.4, 0.5) is 5.82 Å². The lowest BCUT2D eigenvalue weighted by Gasteiger charge is -2.21. The zero-order chi connectivity index (χ0) is 13.9. The predicted octanol–water partition coefficient (Wildman–Crippen LogP) is 3.39. The van der Waals surface area contributed by atoms with E-state index in [-0.39, 0.29) is 0 Å². The summed E-state index contributed by atoms with van der Waals surface area (Å²) in [7, 11) is 2.06. The highest BCUT2D eigenvalue weighted by Gasteiger charge is 2.11. The Balaban J connectivity index is 2.00. The summed E-state index contributed by atoms with van der Waals surface area (Å²) in [4.78, 5) is 6.94. The first-order chi connectivity index (χ1) is 9.78. The molecule has 3 nitrogen and oxygen atoms in total. The van der Waals surface area contributed by atoms with E-state index in [9.17, 15) is 0 Å². The van der Waals surface area contributed by atoms with Gasteiger partial charge in [0.25, 0.3) is 0 Å². The van der Waals surface area contributed by atoms with Crippen LogP contribution in [0.3, 0.4) is 0 Å². The topological polar surface area (TPSA) is 42.2 Å². The Bertz CT molecular complexity index is 707. The smallest absolute Gasteiger partial charge is 0.133 e. The van der Waals surface area contributed by atoms with E-state index < -0.39 is 0 Å². The molecule has 3 rings (SSSR count). The van der Waals surface area contributed by atoms with Crippen molar-refractivity contribution in [3.63, 3.8) is 0 Å². The average Bonchev–Trinajstić information content (AvgIpc) is 2.98. The molecule has 102 valence electrons. The SMILES string of the molecule is CN(Cc1ccsc1)c1nc2ccccc2cc1CN. The maximum atomic E-state index is 5.89. The van der Waals surface area contributed by atoms with E-state index in [2.05, 4.69) is 40.9 Å². The number of benzene rings is 1. The monoisotopic (exact) mass is 283 g/mol. The van der Waals surface area contributed by atoms with Crippen LogP contribution in [0.25, 0.3) is 10.9 Å². The highest BCUT2D eigenvalue weighted by atomic mass is 32.1. The number of thiophene rings is 1. The molecule has 0 saturated heterocycles. The Morgan fingerprint density at radius 2 is 2.10 bits per heavy atom. The Morgan fingerprint density at radius 1 is 1.25 bits per heavy atom. The summed E-state index contributed by atoms with van der Waals surface area (Å²) in [5, 5.41) is 5.40. The quantitative estimate of drug-likeness (QED) is 0.798. The summed E-state index contributed by atoms with van der Waals surface area (Å²) in [5.74, 6) is 0.970. The predicted molar refractivity (Wildman–Crippen MR) is 86.1 cm³/mol. The van der Waals surface area contributed by atoms with Crippen molar-refractivity contribution in [2.45, 2.75) is 13.1 Å². The van der Waals surface area contributed by atoms with Gasteiger partial charge in [0.1, 0.15) is 5.82 Å². The molecule has 0 amide bonds. The fraction of sp³-hybridized carbons (Fsp3) is 0.188. The molecule has 4 heteroatoms. The number of hydrogen-bond donors (Lipinski definition) is 1. The summed E-state index contributed by atoms with van der Waals surface area (Å²) in [6.07, 6.45) is 0. The summed E-state index contributed by atoms with van der Waals surface area (Å²) in [6, 6.07) is 12.4. The van der Waals surface area contributed by atoms with E-state index >= 15 is 0 Å². The number of fused-ring (bicyclic) bond motifs is 1. The maximum absolute atomic E-state index is 5.89. The molecular formula is C16H17N3S. The van der Waals surface area contributed by atoms with Crippen molar-refractivity contribution in [1.82, 2.24) is 4.98 Å². The molecule has 0 radical (unpaired) electrons. The summed E-state index contributed by atoms with van der Waals surface area (Å²) < 4.78 is 0. The second-order valence-corrected chi connectivity index (χ2v) is 5.64. The van der Waals surface area contributed by atoms with Crippen molar-refractivity contribution in [3.05, 3.63) is 58.3 Å². The van der Waals surface area contributed by atoms with Crippen LogP contribution in [-0.4, -0.2) is 12.0 Å². The van der Waals surface area contributed by atoms with E-state index in [0.29, 0.717) is 6.54 Å². The average molecular weight is 283 g/mol. The summed E-state index contributed by atoms with van der Waals surface area (Å²) in [5.41, 5.74) is 9.29. The fourth-order valence-corrected chi connectivity index (χ4v) is 3.02. The normalized spacial score (nSPS) is 10.9. The molecule has 0 spiro atoms. The van der Waals surface area contributed by atoms with Gasteiger partial charge in [0.2, 0.25) is 0 Å². The number of nitrogens with two attached hydrogens (primary N) is 1. The van der Waals surface area contributed by atoms with E-state index in [1.54, 1.807) is 11.3 Å². The number of para-hydroxylation sites is 1. The Morgan fingerprint density at radius 3 is 2.85 bits per heavy atom. The van der Waals surface area contributed by atoms with Crippen LogP contribution in [0.2, 0.25) is 0 Å². The van der Waals surface area contributed by atoms with Gasteiger partial charge in [-0.2, -0.15) is 11.3 Å². The Kier molecular flexibility index (Phi) is 3.67. The van der Waals surface area contributed by atoms with Crippen molar-refractivity contribution in [3.8, 4) is 0 Å². The number of nitrogens with zero attached hydrogens (tertiary/aromatic N) is 2. The minimum atomic E-state index is 0.501. The highest BCUT2D eigenvalue weighted by molar-refractivity contribution is 7.07. The second-order valence-electron chi connectivity index (χ2n) is 4.86. The highest BCUT2D eigenvalue weighted by Crippen LogP contribution is 2.24. The maximum Gasteiger partial charge on any atom is 0.133 e. The molecule has 0 unspecified atom stereocenters. The minimum absolute atomic E-state index is 0.501. The molecule has 0 aliphatic rings. The molecule has 0 aliphatic heterocycles.